The molecule has 1 aromatic carbocycles. The number of hydrogen-bond acceptors (Lipinski definition) is 4. The zero-order chi connectivity index (χ0) is 18.9. The molecular formula is C20H28ClFN2O3. The number of esters is 1. The van der Waals surface area contributed by atoms with Crippen LogP contribution < -0.4 is 10.6 Å². The summed E-state index contributed by atoms with van der Waals surface area (Å²) in [6, 6.07) is 3.33. The van der Waals surface area contributed by atoms with Gasteiger partial charge >= 0.3 is 5.97 Å². The molecule has 150 valence electrons. The van der Waals surface area contributed by atoms with Crippen molar-refractivity contribution in [2.24, 2.45) is 5.41 Å². The Morgan fingerprint density at radius 2 is 2.00 bits per heavy atom. The molecule has 0 aromatic heterocycles. The normalized spacial score (nSPS) is 23.6. The zero-order valence-electron chi connectivity index (χ0n) is 16.1. The Morgan fingerprint density at radius 1 is 1.26 bits per heavy atom. The summed E-state index contributed by atoms with van der Waals surface area (Å²) in [5.41, 5.74) is 0.255. The van der Waals surface area contributed by atoms with Crippen LogP contribution in [0.25, 0.3) is 0 Å². The third kappa shape index (κ3) is 4.27. The molecule has 1 heterocycles. The summed E-state index contributed by atoms with van der Waals surface area (Å²) in [6.07, 6.45) is 3.50. The van der Waals surface area contributed by atoms with Gasteiger partial charge in [-0.25, -0.2) is 9.18 Å². The molecular weight excluding hydrogens is 371 g/mol. The number of methoxy groups -OCH3 is 1. The van der Waals surface area contributed by atoms with E-state index in [2.05, 4.69) is 24.5 Å². The summed E-state index contributed by atoms with van der Waals surface area (Å²) in [5, 5.41) is 5.96. The van der Waals surface area contributed by atoms with Gasteiger partial charge in [0.15, 0.2) is 0 Å². The molecule has 0 saturated heterocycles. The van der Waals surface area contributed by atoms with E-state index in [1.807, 2.05) is 6.07 Å². The lowest BCUT2D eigenvalue weighted by Gasteiger charge is -2.43. The van der Waals surface area contributed by atoms with Gasteiger partial charge in [-0.1, -0.05) is 19.9 Å². The molecule has 2 aliphatic rings. The van der Waals surface area contributed by atoms with E-state index in [0.717, 1.165) is 31.4 Å². The first kappa shape index (κ1) is 21.6. The average molecular weight is 399 g/mol. The van der Waals surface area contributed by atoms with Gasteiger partial charge in [0, 0.05) is 12.1 Å². The Balaban J connectivity index is 0.00000261. The molecule has 1 aliphatic carbocycles. The largest absolute Gasteiger partial charge is 0.467 e. The Kier molecular flexibility index (Phi) is 6.53. The van der Waals surface area contributed by atoms with Gasteiger partial charge in [0.2, 0.25) is 0 Å². The van der Waals surface area contributed by atoms with Gasteiger partial charge in [-0.2, -0.15) is 0 Å². The SMILES string of the molecule is COC(=O)C1(NC(=O)c2ccc3c(c2F)CNCC3)CCCC(C)(C)C1.Cl. The lowest BCUT2D eigenvalue weighted by Crippen LogP contribution is -2.58. The quantitative estimate of drug-likeness (QED) is 0.767. The fourth-order valence-electron chi connectivity index (χ4n) is 4.37. The van der Waals surface area contributed by atoms with Crippen LogP contribution in [0.5, 0.6) is 0 Å². The molecule has 2 N–H and O–H groups in total. The van der Waals surface area contributed by atoms with Gasteiger partial charge in [-0.05, 0) is 55.7 Å². The van der Waals surface area contributed by atoms with Crippen molar-refractivity contribution in [3.63, 3.8) is 0 Å². The maximum absolute atomic E-state index is 14.9. The summed E-state index contributed by atoms with van der Waals surface area (Å²) in [6.45, 7) is 5.36. The number of nitrogens with one attached hydrogen (secondary N) is 2. The number of rotatable bonds is 3. The van der Waals surface area contributed by atoms with E-state index in [1.165, 1.54) is 13.2 Å². The van der Waals surface area contributed by atoms with Crippen molar-refractivity contribution in [1.29, 1.82) is 0 Å². The van der Waals surface area contributed by atoms with Crippen LogP contribution in [0.2, 0.25) is 0 Å². The highest BCUT2D eigenvalue weighted by Gasteiger charge is 2.48. The van der Waals surface area contributed by atoms with E-state index in [9.17, 15) is 14.0 Å². The van der Waals surface area contributed by atoms with Crippen molar-refractivity contribution in [2.45, 2.75) is 58.0 Å². The highest BCUT2D eigenvalue weighted by molar-refractivity contribution is 5.98. The maximum Gasteiger partial charge on any atom is 0.331 e. The molecule has 1 aliphatic heterocycles. The minimum Gasteiger partial charge on any atom is -0.467 e. The Bertz CT molecular complexity index is 738. The number of benzene rings is 1. The topological polar surface area (TPSA) is 67.4 Å². The van der Waals surface area contributed by atoms with Gasteiger partial charge in [0.25, 0.3) is 5.91 Å². The summed E-state index contributed by atoms with van der Waals surface area (Å²) >= 11 is 0. The minimum atomic E-state index is -1.10. The fraction of sp³-hybridized carbons (Fsp3) is 0.600. The molecule has 0 radical (unpaired) electrons. The summed E-state index contributed by atoms with van der Waals surface area (Å²) < 4.78 is 19.9. The molecule has 7 heteroatoms. The van der Waals surface area contributed by atoms with Crippen LogP contribution in [0.3, 0.4) is 0 Å². The van der Waals surface area contributed by atoms with Gasteiger partial charge in [0.1, 0.15) is 11.4 Å². The minimum absolute atomic E-state index is 0. The molecule has 0 bridgehead atoms. The average Bonchev–Trinajstić information content (AvgIpc) is 2.60. The van der Waals surface area contributed by atoms with Gasteiger partial charge in [-0.3, -0.25) is 4.79 Å². The predicted molar refractivity (Wildman–Crippen MR) is 104 cm³/mol. The first-order chi connectivity index (χ1) is 12.3. The lowest BCUT2D eigenvalue weighted by atomic mass is 9.68. The molecule has 5 nitrogen and oxygen atoms in total. The number of hydrogen-bond donors (Lipinski definition) is 2. The summed E-state index contributed by atoms with van der Waals surface area (Å²) in [5.74, 6) is -1.51. The molecule has 3 rings (SSSR count). The second-order valence-electron chi connectivity index (χ2n) is 8.21. The van der Waals surface area contributed by atoms with E-state index in [1.54, 1.807) is 0 Å². The van der Waals surface area contributed by atoms with Crippen LogP contribution in [0, 0.1) is 11.2 Å². The monoisotopic (exact) mass is 398 g/mol. The van der Waals surface area contributed by atoms with Crippen LogP contribution in [-0.2, 0) is 22.5 Å². The molecule has 1 unspecified atom stereocenters. The van der Waals surface area contributed by atoms with E-state index < -0.39 is 23.2 Å². The lowest BCUT2D eigenvalue weighted by molar-refractivity contribution is -0.151. The number of ether oxygens (including phenoxy) is 1. The zero-order valence-corrected chi connectivity index (χ0v) is 16.9. The highest BCUT2D eigenvalue weighted by Crippen LogP contribution is 2.41. The van der Waals surface area contributed by atoms with Crippen LogP contribution in [0.1, 0.15) is 61.0 Å². The van der Waals surface area contributed by atoms with Crippen molar-refractivity contribution in [3.8, 4) is 0 Å². The van der Waals surface area contributed by atoms with E-state index in [-0.39, 0.29) is 23.4 Å². The summed E-state index contributed by atoms with van der Waals surface area (Å²) in [7, 11) is 1.32. The second-order valence-corrected chi connectivity index (χ2v) is 8.21. The Labute approximate surface area is 165 Å². The Hall–Kier alpha value is -1.66. The Morgan fingerprint density at radius 3 is 2.67 bits per heavy atom. The molecule has 1 amide bonds. The summed E-state index contributed by atoms with van der Waals surface area (Å²) in [4.78, 5) is 25.4. The highest BCUT2D eigenvalue weighted by atomic mass is 35.5. The predicted octanol–water partition coefficient (Wildman–Crippen LogP) is 3.14. The molecule has 1 aromatic rings. The number of carbonyl (C=O) groups excluding carboxylic acids is 2. The molecule has 1 fully saturated rings. The van der Waals surface area contributed by atoms with Crippen LogP contribution in [0.15, 0.2) is 12.1 Å². The number of amides is 1. The van der Waals surface area contributed by atoms with E-state index >= 15 is 0 Å². The van der Waals surface area contributed by atoms with Crippen molar-refractivity contribution in [2.75, 3.05) is 13.7 Å². The van der Waals surface area contributed by atoms with Gasteiger partial charge < -0.3 is 15.4 Å². The van der Waals surface area contributed by atoms with Gasteiger partial charge in [-0.15, -0.1) is 12.4 Å². The third-order valence-electron chi connectivity index (χ3n) is 5.62. The van der Waals surface area contributed by atoms with Crippen molar-refractivity contribution in [1.82, 2.24) is 10.6 Å². The third-order valence-corrected chi connectivity index (χ3v) is 5.62. The molecule has 1 saturated carbocycles. The maximum atomic E-state index is 14.9. The molecule has 1 atom stereocenters. The van der Waals surface area contributed by atoms with Crippen LogP contribution in [-0.4, -0.2) is 31.1 Å². The molecule has 0 spiro atoms. The smallest absolute Gasteiger partial charge is 0.331 e. The number of carbonyl (C=O) groups is 2. The van der Waals surface area contributed by atoms with Crippen molar-refractivity contribution < 1.29 is 18.7 Å². The van der Waals surface area contributed by atoms with Crippen LogP contribution >= 0.6 is 12.4 Å². The first-order valence-corrected chi connectivity index (χ1v) is 9.20. The molecule has 27 heavy (non-hydrogen) atoms. The standard InChI is InChI=1S/C20H27FN2O3.ClH/c1-19(2)8-4-9-20(12-19,18(25)26-3)23-17(24)14-6-5-13-7-10-22-11-15(13)16(14)21;/h5-6,22H,4,7-12H2,1-3H3,(H,23,24);1H. The first-order valence-electron chi connectivity index (χ1n) is 9.20. The van der Waals surface area contributed by atoms with Crippen molar-refractivity contribution >= 4 is 24.3 Å². The van der Waals surface area contributed by atoms with E-state index in [4.69, 9.17) is 4.74 Å². The van der Waals surface area contributed by atoms with Crippen molar-refractivity contribution in [3.05, 3.63) is 34.6 Å². The number of halogens is 2. The van der Waals surface area contributed by atoms with Gasteiger partial charge in [0.05, 0.1) is 12.7 Å². The van der Waals surface area contributed by atoms with E-state index in [0.29, 0.717) is 24.9 Å². The fourth-order valence-corrected chi connectivity index (χ4v) is 4.37. The second kappa shape index (κ2) is 8.15. The van der Waals surface area contributed by atoms with Crippen LogP contribution in [0.4, 0.5) is 4.39 Å². The number of fused-ring (bicyclic) bond motifs is 1.